The number of likely N-dealkylation sites (tertiary alicyclic amines) is 1. The Morgan fingerprint density at radius 3 is 2.67 bits per heavy atom. The van der Waals surface area contributed by atoms with Gasteiger partial charge in [-0.1, -0.05) is 50.1 Å². The molecule has 2 unspecified atom stereocenters. The van der Waals surface area contributed by atoms with E-state index < -0.39 is 5.60 Å². The molecule has 0 bridgehead atoms. The second-order valence-corrected chi connectivity index (χ2v) is 7.68. The Kier molecular flexibility index (Phi) is 6.67. The van der Waals surface area contributed by atoms with Crippen LogP contribution in [0.2, 0.25) is 0 Å². The summed E-state index contributed by atoms with van der Waals surface area (Å²) >= 11 is 0. The molecule has 1 amide bonds. The van der Waals surface area contributed by atoms with Gasteiger partial charge in [-0.25, -0.2) is 4.79 Å². The monoisotopic (exact) mass is 332 g/mol. The highest BCUT2D eigenvalue weighted by molar-refractivity contribution is 5.68. The largest absolute Gasteiger partial charge is 0.444 e. The van der Waals surface area contributed by atoms with E-state index >= 15 is 0 Å². The fraction of sp³-hybridized carbons (Fsp3) is 0.650. The fourth-order valence-electron chi connectivity index (χ4n) is 3.11. The van der Waals surface area contributed by atoms with Crippen molar-refractivity contribution in [1.82, 2.24) is 10.2 Å². The third kappa shape index (κ3) is 5.82. The first-order valence-corrected chi connectivity index (χ1v) is 9.18. The quantitative estimate of drug-likeness (QED) is 0.833. The number of benzene rings is 1. The Balaban J connectivity index is 1.92. The molecule has 24 heavy (non-hydrogen) atoms. The van der Waals surface area contributed by atoms with E-state index in [1.807, 2.05) is 25.7 Å². The van der Waals surface area contributed by atoms with E-state index in [-0.39, 0.29) is 6.09 Å². The molecule has 1 aromatic carbocycles. The number of amides is 1. The lowest BCUT2D eigenvalue weighted by Crippen LogP contribution is -2.39. The summed E-state index contributed by atoms with van der Waals surface area (Å²) in [7, 11) is 0. The van der Waals surface area contributed by atoms with Gasteiger partial charge in [0.2, 0.25) is 0 Å². The molecule has 0 saturated carbocycles. The van der Waals surface area contributed by atoms with Crippen molar-refractivity contribution in [2.45, 2.75) is 71.1 Å². The molecule has 4 nitrogen and oxygen atoms in total. The lowest BCUT2D eigenvalue weighted by atomic mass is 10.00. The van der Waals surface area contributed by atoms with Crippen LogP contribution in [-0.2, 0) is 4.74 Å². The van der Waals surface area contributed by atoms with Gasteiger partial charge in [-0.2, -0.15) is 0 Å². The van der Waals surface area contributed by atoms with Crippen LogP contribution < -0.4 is 5.32 Å². The zero-order valence-electron chi connectivity index (χ0n) is 15.5. The molecular formula is C20H32N2O2. The number of nitrogens with one attached hydrogen (secondary N) is 1. The highest BCUT2D eigenvalue weighted by Gasteiger charge is 2.30. The van der Waals surface area contributed by atoms with Gasteiger partial charge in [0, 0.05) is 25.2 Å². The summed E-state index contributed by atoms with van der Waals surface area (Å²) in [4.78, 5) is 14.0. The topological polar surface area (TPSA) is 41.6 Å². The summed E-state index contributed by atoms with van der Waals surface area (Å²) in [5.41, 5.74) is 0.901. The minimum atomic E-state index is -0.434. The molecular weight excluding hydrogens is 300 g/mol. The minimum absolute atomic E-state index is 0.198. The number of carbonyl (C=O) groups is 1. The van der Waals surface area contributed by atoms with Crippen molar-refractivity contribution in [3.63, 3.8) is 0 Å². The Bertz CT molecular complexity index is 510. The molecule has 1 fully saturated rings. The number of hydrogen-bond acceptors (Lipinski definition) is 3. The molecule has 4 heteroatoms. The second-order valence-electron chi connectivity index (χ2n) is 7.68. The first-order chi connectivity index (χ1) is 11.4. The van der Waals surface area contributed by atoms with Crippen molar-refractivity contribution >= 4 is 6.09 Å². The standard InChI is InChI=1S/C20H32N2O2/c1-5-6-12-18(16-10-8-7-9-11-16)21-17-13-14-22(15-17)19(23)24-20(2,3)4/h7-11,17-18,21H,5-6,12-15H2,1-4H3. The average molecular weight is 332 g/mol. The highest BCUT2D eigenvalue weighted by atomic mass is 16.6. The molecule has 0 spiro atoms. The van der Waals surface area contributed by atoms with Crippen LogP contribution in [0, 0.1) is 0 Å². The lowest BCUT2D eigenvalue weighted by Gasteiger charge is -2.26. The summed E-state index contributed by atoms with van der Waals surface area (Å²) in [6.45, 7) is 9.45. The first kappa shape index (κ1) is 18.8. The van der Waals surface area contributed by atoms with E-state index in [9.17, 15) is 4.79 Å². The molecule has 1 aliphatic rings. The van der Waals surface area contributed by atoms with Gasteiger partial charge in [0.25, 0.3) is 0 Å². The van der Waals surface area contributed by atoms with Crippen molar-refractivity contribution in [3.8, 4) is 0 Å². The van der Waals surface area contributed by atoms with Gasteiger partial charge in [0.15, 0.2) is 0 Å². The molecule has 1 N–H and O–H groups in total. The number of rotatable bonds is 6. The zero-order chi connectivity index (χ0) is 17.6. The summed E-state index contributed by atoms with van der Waals surface area (Å²) in [6, 6.07) is 11.3. The van der Waals surface area contributed by atoms with E-state index in [1.165, 1.54) is 18.4 Å². The zero-order valence-corrected chi connectivity index (χ0v) is 15.5. The predicted octanol–water partition coefficient (Wildman–Crippen LogP) is 4.52. The van der Waals surface area contributed by atoms with Crippen molar-refractivity contribution in [2.24, 2.45) is 0 Å². The van der Waals surface area contributed by atoms with Gasteiger partial charge in [0.1, 0.15) is 5.60 Å². The van der Waals surface area contributed by atoms with Gasteiger partial charge in [-0.3, -0.25) is 0 Å². The van der Waals surface area contributed by atoms with Crippen LogP contribution in [0.4, 0.5) is 4.79 Å². The summed E-state index contributed by atoms with van der Waals surface area (Å²) in [5.74, 6) is 0. The summed E-state index contributed by atoms with van der Waals surface area (Å²) in [5, 5.41) is 3.77. The molecule has 0 aromatic heterocycles. The number of ether oxygens (including phenoxy) is 1. The van der Waals surface area contributed by atoms with E-state index in [4.69, 9.17) is 4.74 Å². The van der Waals surface area contributed by atoms with Crippen molar-refractivity contribution in [1.29, 1.82) is 0 Å². The maximum atomic E-state index is 12.2. The highest BCUT2D eigenvalue weighted by Crippen LogP contribution is 2.23. The Labute approximate surface area is 146 Å². The van der Waals surface area contributed by atoms with Crippen molar-refractivity contribution in [2.75, 3.05) is 13.1 Å². The summed E-state index contributed by atoms with van der Waals surface area (Å²) < 4.78 is 5.48. The number of nitrogens with zero attached hydrogens (tertiary/aromatic N) is 1. The van der Waals surface area contributed by atoms with Crippen LogP contribution in [0.15, 0.2) is 30.3 Å². The molecule has 1 aromatic rings. The fourth-order valence-corrected chi connectivity index (χ4v) is 3.11. The van der Waals surface area contributed by atoms with Crippen LogP contribution in [0.5, 0.6) is 0 Å². The molecule has 0 radical (unpaired) electrons. The van der Waals surface area contributed by atoms with Crippen LogP contribution in [-0.4, -0.2) is 35.7 Å². The van der Waals surface area contributed by atoms with Crippen LogP contribution >= 0.6 is 0 Å². The van der Waals surface area contributed by atoms with E-state index in [0.717, 1.165) is 25.9 Å². The maximum Gasteiger partial charge on any atom is 0.410 e. The third-order valence-corrected chi connectivity index (χ3v) is 4.33. The third-order valence-electron chi connectivity index (χ3n) is 4.33. The second kappa shape index (κ2) is 8.52. The number of unbranched alkanes of at least 4 members (excludes halogenated alkanes) is 1. The SMILES string of the molecule is CCCCC(NC1CCN(C(=O)OC(C)(C)C)C1)c1ccccc1. The molecule has 2 rings (SSSR count). The molecule has 2 atom stereocenters. The van der Waals surface area contributed by atoms with Crippen LogP contribution in [0.25, 0.3) is 0 Å². The Morgan fingerprint density at radius 2 is 2.04 bits per heavy atom. The Morgan fingerprint density at radius 1 is 1.33 bits per heavy atom. The van der Waals surface area contributed by atoms with Gasteiger partial charge in [-0.05, 0) is 39.2 Å². The van der Waals surface area contributed by atoms with Crippen LogP contribution in [0.1, 0.15) is 65.0 Å². The van der Waals surface area contributed by atoms with Crippen molar-refractivity contribution < 1.29 is 9.53 Å². The van der Waals surface area contributed by atoms with Crippen LogP contribution in [0.3, 0.4) is 0 Å². The predicted molar refractivity (Wildman–Crippen MR) is 98.1 cm³/mol. The molecule has 1 aliphatic heterocycles. The number of carbonyl (C=O) groups excluding carboxylic acids is 1. The first-order valence-electron chi connectivity index (χ1n) is 9.18. The van der Waals surface area contributed by atoms with E-state index in [1.54, 1.807) is 0 Å². The van der Waals surface area contributed by atoms with Gasteiger partial charge >= 0.3 is 6.09 Å². The lowest BCUT2D eigenvalue weighted by molar-refractivity contribution is 0.0290. The maximum absolute atomic E-state index is 12.2. The summed E-state index contributed by atoms with van der Waals surface area (Å²) in [6.07, 6.45) is 4.31. The molecule has 1 saturated heterocycles. The molecule has 1 heterocycles. The normalized spacial score (nSPS) is 19.3. The van der Waals surface area contributed by atoms with Crippen molar-refractivity contribution in [3.05, 3.63) is 35.9 Å². The Hall–Kier alpha value is -1.55. The number of hydrogen-bond donors (Lipinski definition) is 1. The van der Waals surface area contributed by atoms with E-state index in [0.29, 0.717) is 12.1 Å². The van der Waals surface area contributed by atoms with E-state index in [2.05, 4.69) is 42.6 Å². The molecule has 0 aliphatic carbocycles. The van der Waals surface area contributed by atoms with Gasteiger partial charge in [0.05, 0.1) is 0 Å². The van der Waals surface area contributed by atoms with Gasteiger partial charge in [-0.15, -0.1) is 0 Å². The average Bonchev–Trinajstić information content (AvgIpc) is 2.99. The molecule has 134 valence electrons. The minimum Gasteiger partial charge on any atom is -0.444 e. The smallest absolute Gasteiger partial charge is 0.410 e. The van der Waals surface area contributed by atoms with Gasteiger partial charge < -0.3 is 15.0 Å².